The van der Waals surface area contributed by atoms with Crippen molar-refractivity contribution in [2.24, 2.45) is 5.92 Å². The van der Waals surface area contributed by atoms with E-state index in [-0.39, 0.29) is 17.2 Å². The Labute approximate surface area is 182 Å². The summed E-state index contributed by atoms with van der Waals surface area (Å²) in [5, 5.41) is 2.90. The minimum Gasteiger partial charge on any atom is -0.454 e. The molecule has 3 heterocycles. The van der Waals surface area contributed by atoms with Gasteiger partial charge in [0.2, 0.25) is 0 Å². The Morgan fingerprint density at radius 1 is 1.06 bits per heavy atom. The molecule has 0 unspecified atom stereocenters. The topological polar surface area (TPSA) is 67.5 Å². The van der Waals surface area contributed by atoms with Gasteiger partial charge < -0.3 is 14.3 Å². The Hall–Kier alpha value is -3.12. The van der Waals surface area contributed by atoms with Gasteiger partial charge in [0.05, 0.1) is 6.54 Å². The molecule has 1 amide bonds. The van der Waals surface area contributed by atoms with Crippen molar-refractivity contribution >= 4 is 5.91 Å². The molecule has 1 atom stereocenters. The average Bonchev–Trinajstić information content (AvgIpc) is 3.23. The van der Waals surface area contributed by atoms with Gasteiger partial charge in [-0.1, -0.05) is 37.3 Å². The zero-order chi connectivity index (χ0) is 21.6. The quantitative estimate of drug-likeness (QED) is 0.635. The molecule has 0 spiro atoms. The summed E-state index contributed by atoms with van der Waals surface area (Å²) < 4.78 is 7.16. The first-order chi connectivity index (χ1) is 15.1. The third-order valence-electron chi connectivity index (χ3n) is 5.73. The number of amides is 1. The maximum absolute atomic E-state index is 12.4. The fraction of sp³-hybridized carbons (Fsp3) is 0.360. The van der Waals surface area contributed by atoms with Crippen LogP contribution in [-0.2, 0) is 19.6 Å². The molecule has 1 fully saturated rings. The van der Waals surface area contributed by atoms with Gasteiger partial charge in [-0.2, -0.15) is 0 Å². The van der Waals surface area contributed by atoms with Crippen molar-refractivity contribution in [2.75, 3.05) is 13.1 Å². The Kier molecular flexibility index (Phi) is 6.67. The van der Waals surface area contributed by atoms with Crippen LogP contribution in [-0.4, -0.2) is 28.5 Å². The number of piperidine rings is 1. The molecule has 162 valence electrons. The van der Waals surface area contributed by atoms with Gasteiger partial charge in [0.25, 0.3) is 11.5 Å². The fourth-order valence-electron chi connectivity index (χ4n) is 4.06. The lowest BCUT2D eigenvalue weighted by molar-refractivity contribution is 0.0921. The van der Waals surface area contributed by atoms with Crippen LogP contribution in [0.4, 0.5) is 0 Å². The molecule has 0 aliphatic carbocycles. The highest BCUT2D eigenvalue weighted by Gasteiger charge is 2.16. The summed E-state index contributed by atoms with van der Waals surface area (Å²) in [5.41, 5.74) is 2.24. The second kappa shape index (κ2) is 9.79. The van der Waals surface area contributed by atoms with Crippen LogP contribution in [0.5, 0.6) is 0 Å². The van der Waals surface area contributed by atoms with Crippen LogP contribution in [0.3, 0.4) is 0 Å². The van der Waals surface area contributed by atoms with Gasteiger partial charge in [-0.15, -0.1) is 0 Å². The largest absolute Gasteiger partial charge is 0.454 e. The third kappa shape index (κ3) is 5.73. The molecule has 1 aromatic carbocycles. The molecular weight excluding hydrogens is 390 g/mol. The Morgan fingerprint density at radius 2 is 1.87 bits per heavy atom. The molecule has 0 radical (unpaired) electrons. The Bertz CT molecular complexity index is 1070. The molecule has 0 bridgehead atoms. The maximum atomic E-state index is 12.4. The van der Waals surface area contributed by atoms with E-state index in [1.165, 1.54) is 42.1 Å². The summed E-state index contributed by atoms with van der Waals surface area (Å²) in [6, 6.07) is 16.8. The van der Waals surface area contributed by atoms with E-state index in [2.05, 4.69) is 41.4 Å². The van der Waals surface area contributed by atoms with Gasteiger partial charge in [0, 0.05) is 31.9 Å². The molecule has 3 aromatic rings. The summed E-state index contributed by atoms with van der Waals surface area (Å²) in [7, 11) is 0. The summed E-state index contributed by atoms with van der Waals surface area (Å²) in [6.45, 7) is 6.38. The highest BCUT2D eigenvalue weighted by molar-refractivity contribution is 5.91. The molecule has 1 N–H and O–H groups in total. The second-order valence-electron chi connectivity index (χ2n) is 8.41. The van der Waals surface area contributed by atoms with E-state index in [9.17, 15) is 9.59 Å². The van der Waals surface area contributed by atoms with Crippen molar-refractivity contribution in [1.82, 2.24) is 14.8 Å². The Balaban J connectivity index is 1.28. The normalized spacial score (nSPS) is 16.9. The highest BCUT2D eigenvalue weighted by Crippen LogP contribution is 2.18. The van der Waals surface area contributed by atoms with Crippen molar-refractivity contribution in [1.29, 1.82) is 0 Å². The van der Waals surface area contributed by atoms with E-state index in [0.717, 1.165) is 18.0 Å². The first-order valence-electron chi connectivity index (χ1n) is 10.9. The van der Waals surface area contributed by atoms with Crippen LogP contribution in [0.25, 0.3) is 0 Å². The SMILES string of the molecule is C[C@@H]1CCCN(Cc2ccc(CNC(=O)c3ccc(Cn4ccccc4=O)o3)cc2)C1. The van der Waals surface area contributed by atoms with Crippen LogP contribution in [0.2, 0.25) is 0 Å². The van der Waals surface area contributed by atoms with Crippen LogP contribution in [0.1, 0.15) is 47.2 Å². The minimum absolute atomic E-state index is 0.108. The number of nitrogens with one attached hydrogen (secondary N) is 1. The number of carbonyl (C=O) groups excluding carboxylic acids is 1. The number of nitrogens with zero attached hydrogens (tertiary/aromatic N) is 2. The maximum Gasteiger partial charge on any atom is 0.287 e. The monoisotopic (exact) mass is 419 g/mol. The first-order valence-corrected chi connectivity index (χ1v) is 10.9. The summed E-state index contributed by atoms with van der Waals surface area (Å²) >= 11 is 0. The smallest absolute Gasteiger partial charge is 0.287 e. The van der Waals surface area contributed by atoms with Crippen molar-refractivity contribution in [3.05, 3.63) is 93.8 Å². The molecule has 0 saturated carbocycles. The van der Waals surface area contributed by atoms with Crippen LogP contribution in [0.15, 0.2) is 70.0 Å². The average molecular weight is 420 g/mol. The molecule has 1 aliphatic rings. The highest BCUT2D eigenvalue weighted by atomic mass is 16.4. The standard InChI is InChI=1S/C25H29N3O3/c1-19-5-4-13-27(16-19)17-21-9-7-20(8-10-21)15-26-25(30)23-12-11-22(31-23)18-28-14-3-2-6-24(28)29/h2-3,6-12,14,19H,4-5,13,15-18H2,1H3,(H,26,30)/t19-/m1/s1. The van der Waals surface area contributed by atoms with E-state index in [4.69, 9.17) is 4.42 Å². The van der Waals surface area contributed by atoms with Crippen LogP contribution in [0, 0.1) is 5.92 Å². The van der Waals surface area contributed by atoms with Crippen LogP contribution >= 0.6 is 0 Å². The third-order valence-corrected chi connectivity index (χ3v) is 5.73. The number of aromatic nitrogens is 1. The molecule has 1 saturated heterocycles. The number of pyridine rings is 1. The van der Waals surface area contributed by atoms with E-state index in [1.54, 1.807) is 30.5 Å². The van der Waals surface area contributed by atoms with Gasteiger partial charge in [-0.3, -0.25) is 14.5 Å². The minimum atomic E-state index is -0.266. The summed E-state index contributed by atoms with van der Waals surface area (Å²) in [4.78, 5) is 26.8. The molecule has 2 aromatic heterocycles. The van der Waals surface area contributed by atoms with Gasteiger partial charge >= 0.3 is 0 Å². The molecule has 1 aliphatic heterocycles. The van der Waals surface area contributed by atoms with E-state index in [1.807, 2.05) is 0 Å². The van der Waals surface area contributed by atoms with Gasteiger partial charge in [-0.25, -0.2) is 0 Å². The number of rotatable bonds is 7. The van der Waals surface area contributed by atoms with E-state index >= 15 is 0 Å². The lowest BCUT2D eigenvalue weighted by atomic mass is 9.99. The molecule has 6 nitrogen and oxygen atoms in total. The molecule has 31 heavy (non-hydrogen) atoms. The van der Waals surface area contributed by atoms with Crippen molar-refractivity contribution in [2.45, 2.75) is 39.4 Å². The van der Waals surface area contributed by atoms with Crippen LogP contribution < -0.4 is 10.9 Å². The van der Waals surface area contributed by atoms with Gasteiger partial charge in [0.1, 0.15) is 5.76 Å². The zero-order valence-corrected chi connectivity index (χ0v) is 17.9. The predicted octanol–water partition coefficient (Wildman–Crippen LogP) is 3.65. The summed E-state index contributed by atoms with van der Waals surface area (Å²) in [5.74, 6) is 1.32. The lowest BCUT2D eigenvalue weighted by Gasteiger charge is -2.30. The first kappa shape index (κ1) is 21.1. The number of hydrogen-bond donors (Lipinski definition) is 1. The van der Waals surface area contributed by atoms with E-state index in [0.29, 0.717) is 18.8 Å². The number of benzene rings is 1. The van der Waals surface area contributed by atoms with Crippen molar-refractivity contribution < 1.29 is 9.21 Å². The number of furan rings is 1. The number of carbonyl (C=O) groups is 1. The van der Waals surface area contributed by atoms with Crippen molar-refractivity contribution in [3.63, 3.8) is 0 Å². The summed E-state index contributed by atoms with van der Waals surface area (Å²) in [6.07, 6.45) is 4.30. The van der Waals surface area contributed by atoms with Gasteiger partial charge in [0.15, 0.2) is 5.76 Å². The second-order valence-corrected chi connectivity index (χ2v) is 8.41. The zero-order valence-electron chi connectivity index (χ0n) is 17.9. The number of likely N-dealkylation sites (tertiary alicyclic amines) is 1. The fourth-order valence-corrected chi connectivity index (χ4v) is 4.06. The van der Waals surface area contributed by atoms with E-state index < -0.39 is 0 Å². The van der Waals surface area contributed by atoms with Crippen molar-refractivity contribution in [3.8, 4) is 0 Å². The molecular formula is C25H29N3O3. The lowest BCUT2D eigenvalue weighted by Crippen LogP contribution is -2.33. The number of hydrogen-bond acceptors (Lipinski definition) is 4. The molecule has 4 rings (SSSR count). The molecule has 6 heteroatoms. The predicted molar refractivity (Wildman–Crippen MR) is 120 cm³/mol. The Morgan fingerprint density at radius 3 is 2.65 bits per heavy atom. The van der Waals surface area contributed by atoms with Gasteiger partial charge in [-0.05, 0) is 54.6 Å².